The molecule has 0 amide bonds. The Bertz CT molecular complexity index is 299. The van der Waals surface area contributed by atoms with E-state index in [0.717, 1.165) is 5.69 Å². The van der Waals surface area contributed by atoms with Crippen molar-refractivity contribution in [2.45, 2.75) is 0 Å². The van der Waals surface area contributed by atoms with Gasteiger partial charge in [-0.3, -0.25) is 0 Å². The maximum absolute atomic E-state index is 8.91. The lowest BCUT2D eigenvalue weighted by molar-refractivity contribution is 0.274. The molecule has 0 radical (unpaired) electrons. The average Bonchev–Trinajstić information content (AvgIpc) is 2.46. The van der Waals surface area contributed by atoms with Crippen molar-refractivity contribution >= 4 is 23.5 Å². The predicted octanol–water partition coefficient (Wildman–Crippen LogP) is 1.79. The zero-order chi connectivity index (χ0) is 8.39. The fourth-order valence-electron chi connectivity index (χ4n) is 1.13. The summed E-state index contributed by atoms with van der Waals surface area (Å²) >= 11 is 1.62. The van der Waals surface area contributed by atoms with Crippen LogP contribution < -0.4 is 0 Å². The molecule has 0 saturated heterocycles. The van der Waals surface area contributed by atoms with Gasteiger partial charge in [-0.05, 0) is 12.2 Å². The number of thiazole rings is 1. The van der Waals surface area contributed by atoms with Crippen molar-refractivity contribution in [2.75, 3.05) is 6.61 Å². The highest BCUT2D eigenvalue weighted by Gasteiger charge is 2.05. The molecule has 1 aromatic rings. The van der Waals surface area contributed by atoms with Crippen LogP contribution >= 0.6 is 11.3 Å². The molecular formula is C9H9NOS. The molecule has 0 fully saturated rings. The molecule has 2 nitrogen and oxygen atoms in total. The molecule has 1 atom stereocenters. The van der Waals surface area contributed by atoms with Gasteiger partial charge in [0.15, 0.2) is 0 Å². The van der Waals surface area contributed by atoms with Crippen LogP contribution in [0.2, 0.25) is 0 Å². The van der Waals surface area contributed by atoms with Crippen molar-refractivity contribution in [3.8, 4) is 0 Å². The lowest BCUT2D eigenvalue weighted by atomic mass is 10.1. The minimum absolute atomic E-state index is 0.145. The second kappa shape index (κ2) is 3.21. The third-order valence-corrected chi connectivity index (χ3v) is 2.64. The Morgan fingerprint density at radius 1 is 1.42 bits per heavy atom. The Labute approximate surface area is 74.9 Å². The Morgan fingerprint density at radius 2 is 2.25 bits per heavy atom. The molecule has 1 heterocycles. The van der Waals surface area contributed by atoms with Crippen molar-refractivity contribution in [1.29, 1.82) is 0 Å². The molecule has 1 N–H and O–H groups in total. The summed E-state index contributed by atoms with van der Waals surface area (Å²) in [4.78, 5) is 5.35. The van der Waals surface area contributed by atoms with Crippen molar-refractivity contribution < 1.29 is 5.11 Å². The van der Waals surface area contributed by atoms with E-state index in [2.05, 4.69) is 4.98 Å². The second-order valence-electron chi connectivity index (χ2n) is 2.67. The van der Waals surface area contributed by atoms with Gasteiger partial charge < -0.3 is 5.11 Å². The number of hydrogen-bond donors (Lipinski definition) is 1. The Balaban J connectivity index is 2.36. The Kier molecular flexibility index (Phi) is 2.06. The third kappa shape index (κ3) is 1.33. The first-order valence-corrected chi connectivity index (χ1v) is 4.69. The van der Waals surface area contributed by atoms with Crippen molar-refractivity contribution in [3.63, 3.8) is 0 Å². The van der Waals surface area contributed by atoms with E-state index < -0.39 is 0 Å². The van der Waals surface area contributed by atoms with Crippen LogP contribution in [0.4, 0.5) is 0 Å². The molecule has 0 aliphatic heterocycles. The van der Waals surface area contributed by atoms with E-state index >= 15 is 0 Å². The number of fused-ring (bicyclic) bond motifs is 1. The normalized spacial score (nSPS) is 20.6. The van der Waals surface area contributed by atoms with Gasteiger partial charge in [0.1, 0.15) is 0 Å². The van der Waals surface area contributed by atoms with Crippen LogP contribution in [0.1, 0.15) is 10.6 Å². The van der Waals surface area contributed by atoms with E-state index in [1.54, 1.807) is 11.3 Å². The van der Waals surface area contributed by atoms with Crippen LogP contribution in [0.15, 0.2) is 17.7 Å². The standard InChI is InChI=1S/C9H9NOS/c11-5-7-1-3-8-9(4-2-7)12-6-10-8/h1-4,6-7,11H,5H2. The van der Waals surface area contributed by atoms with Crippen LogP contribution in [-0.2, 0) is 0 Å². The maximum atomic E-state index is 8.91. The molecule has 2 rings (SSSR count). The van der Waals surface area contributed by atoms with Gasteiger partial charge in [-0.25, -0.2) is 4.98 Å². The van der Waals surface area contributed by atoms with Gasteiger partial charge in [0, 0.05) is 5.92 Å². The quantitative estimate of drug-likeness (QED) is 0.713. The minimum Gasteiger partial charge on any atom is -0.395 e. The summed E-state index contributed by atoms with van der Waals surface area (Å²) in [5.74, 6) is 0.145. The van der Waals surface area contributed by atoms with E-state index in [4.69, 9.17) is 5.11 Å². The molecule has 62 valence electrons. The smallest absolute Gasteiger partial charge is 0.0808 e. The molecular weight excluding hydrogens is 170 g/mol. The Hall–Kier alpha value is -0.930. The summed E-state index contributed by atoms with van der Waals surface area (Å²) in [6.07, 6.45) is 7.96. The molecule has 1 unspecified atom stereocenters. The number of aliphatic hydroxyl groups is 1. The summed E-state index contributed by atoms with van der Waals surface area (Å²) < 4.78 is 0. The third-order valence-electron chi connectivity index (χ3n) is 1.83. The number of aliphatic hydroxyl groups excluding tert-OH is 1. The topological polar surface area (TPSA) is 33.1 Å². The molecule has 12 heavy (non-hydrogen) atoms. The molecule has 0 bridgehead atoms. The van der Waals surface area contributed by atoms with Crippen LogP contribution in [-0.4, -0.2) is 16.7 Å². The maximum Gasteiger partial charge on any atom is 0.0808 e. The lowest BCUT2D eigenvalue weighted by Gasteiger charge is -1.97. The molecule has 0 saturated carbocycles. The zero-order valence-corrected chi connectivity index (χ0v) is 7.29. The molecule has 1 aliphatic rings. The van der Waals surface area contributed by atoms with Gasteiger partial charge in [-0.2, -0.15) is 0 Å². The largest absolute Gasteiger partial charge is 0.395 e. The monoisotopic (exact) mass is 179 g/mol. The summed E-state index contributed by atoms with van der Waals surface area (Å²) in [6, 6.07) is 0. The van der Waals surface area contributed by atoms with E-state index in [0.29, 0.717) is 0 Å². The van der Waals surface area contributed by atoms with Gasteiger partial charge in [0.05, 0.1) is 22.7 Å². The van der Waals surface area contributed by atoms with Crippen molar-refractivity contribution in [3.05, 3.63) is 28.2 Å². The molecule has 0 spiro atoms. The highest BCUT2D eigenvalue weighted by Crippen LogP contribution is 2.21. The van der Waals surface area contributed by atoms with E-state index in [1.165, 1.54) is 4.88 Å². The van der Waals surface area contributed by atoms with Gasteiger partial charge >= 0.3 is 0 Å². The highest BCUT2D eigenvalue weighted by molar-refractivity contribution is 7.10. The van der Waals surface area contributed by atoms with Crippen molar-refractivity contribution in [2.24, 2.45) is 5.92 Å². The second-order valence-corrected chi connectivity index (χ2v) is 3.55. The van der Waals surface area contributed by atoms with Crippen LogP contribution in [0.3, 0.4) is 0 Å². The number of rotatable bonds is 1. The average molecular weight is 179 g/mol. The van der Waals surface area contributed by atoms with E-state index in [1.807, 2.05) is 29.8 Å². The first-order chi connectivity index (χ1) is 5.90. The summed E-state index contributed by atoms with van der Waals surface area (Å²) in [6.45, 7) is 0.169. The van der Waals surface area contributed by atoms with Gasteiger partial charge in [0.2, 0.25) is 0 Å². The van der Waals surface area contributed by atoms with E-state index in [-0.39, 0.29) is 12.5 Å². The van der Waals surface area contributed by atoms with Gasteiger partial charge in [-0.15, -0.1) is 11.3 Å². The van der Waals surface area contributed by atoms with Crippen LogP contribution in [0.5, 0.6) is 0 Å². The van der Waals surface area contributed by atoms with Crippen LogP contribution in [0.25, 0.3) is 12.2 Å². The highest BCUT2D eigenvalue weighted by atomic mass is 32.1. The Morgan fingerprint density at radius 3 is 3.08 bits per heavy atom. The number of aromatic nitrogens is 1. The van der Waals surface area contributed by atoms with Crippen molar-refractivity contribution in [1.82, 2.24) is 4.98 Å². The number of hydrogen-bond acceptors (Lipinski definition) is 3. The molecule has 0 aromatic carbocycles. The summed E-state index contributed by atoms with van der Waals surface area (Å²) in [5.41, 5.74) is 2.84. The number of nitrogens with zero attached hydrogens (tertiary/aromatic N) is 1. The SMILES string of the molecule is OCC1C=Cc2ncsc2C=C1. The molecule has 3 heteroatoms. The predicted molar refractivity (Wildman–Crippen MR) is 50.8 cm³/mol. The fraction of sp³-hybridized carbons (Fsp3) is 0.222. The summed E-state index contributed by atoms with van der Waals surface area (Å²) in [5, 5.41) is 8.91. The molecule has 1 aromatic heterocycles. The molecule has 1 aliphatic carbocycles. The first-order valence-electron chi connectivity index (χ1n) is 3.81. The lowest BCUT2D eigenvalue weighted by Crippen LogP contribution is -1.96. The first kappa shape index (κ1) is 7.71. The zero-order valence-electron chi connectivity index (χ0n) is 6.47. The van der Waals surface area contributed by atoms with Crippen LogP contribution in [0, 0.1) is 5.92 Å². The van der Waals surface area contributed by atoms with Gasteiger partial charge in [0.25, 0.3) is 0 Å². The fourth-order valence-corrected chi connectivity index (χ4v) is 1.80. The van der Waals surface area contributed by atoms with Gasteiger partial charge in [-0.1, -0.05) is 12.2 Å². The minimum atomic E-state index is 0.145. The van der Waals surface area contributed by atoms with E-state index in [9.17, 15) is 0 Å². The summed E-state index contributed by atoms with van der Waals surface area (Å²) in [7, 11) is 0.